The highest BCUT2D eigenvalue weighted by molar-refractivity contribution is 7.80. The molecule has 0 radical (unpaired) electrons. The summed E-state index contributed by atoms with van der Waals surface area (Å²) in [6, 6.07) is 6.40. The summed E-state index contributed by atoms with van der Waals surface area (Å²) in [4.78, 5) is 51.3. The van der Waals surface area contributed by atoms with Gasteiger partial charge in [-0.1, -0.05) is 12.1 Å². The molecule has 2 aliphatic rings. The molecule has 4 rings (SSSR count). The molecule has 0 atom stereocenters. The molecule has 1 aliphatic carbocycles. The second-order valence-electron chi connectivity index (χ2n) is 6.80. The second-order valence-corrected chi connectivity index (χ2v) is 8.31. The number of ether oxygens (including phenoxy) is 1. The van der Waals surface area contributed by atoms with E-state index in [1.165, 1.54) is 18.4 Å². The maximum Gasteiger partial charge on any atom is 0.341 e. The number of thiophene rings is 1. The molecule has 0 saturated carbocycles. The zero-order valence-corrected chi connectivity index (χ0v) is 17.6. The molecule has 2 aromatic rings. The van der Waals surface area contributed by atoms with Crippen LogP contribution in [0.15, 0.2) is 24.3 Å². The molecule has 8 nitrogen and oxygen atoms in total. The van der Waals surface area contributed by atoms with Gasteiger partial charge < -0.3 is 15.4 Å². The van der Waals surface area contributed by atoms with Gasteiger partial charge in [0.15, 0.2) is 5.11 Å². The van der Waals surface area contributed by atoms with Crippen LogP contribution in [-0.4, -0.2) is 47.4 Å². The third-order valence-corrected chi connectivity index (χ3v) is 6.38. The van der Waals surface area contributed by atoms with Crippen molar-refractivity contribution in [3.05, 3.63) is 51.4 Å². The van der Waals surface area contributed by atoms with Gasteiger partial charge in [0.2, 0.25) is 5.91 Å². The summed E-state index contributed by atoms with van der Waals surface area (Å²) in [5, 5.41) is 5.83. The number of amides is 3. The van der Waals surface area contributed by atoms with Gasteiger partial charge in [-0.05, 0) is 49.2 Å². The van der Waals surface area contributed by atoms with Crippen LogP contribution in [0.4, 0.5) is 5.00 Å². The molecule has 154 valence electrons. The van der Waals surface area contributed by atoms with E-state index in [2.05, 4.69) is 10.6 Å². The number of benzene rings is 1. The normalized spacial score (nSPS) is 14.4. The lowest BCUT2D eigenvalue weighted by atomic mass is 10.1. The second kappa shape index (κ2) is 7.96. The van der Waals surface area contributed by atoms with Crippen molar-refractivity contribution in [3.8, 4) is 0 Å². The van der Waals surface area contributed by atoms with E-state index in [9.17, 15) is 19.2 Å². The highest BCUT2D eigenvalue weighted by Gasteiger charge is 2.36. The first kappa shape index (κ1) is 20.2. The fourth-order valence-electron chi connectivity index (χ4n) is 3.64. The molecule has 3 amide bonds. The molecule has 0 bridgehead atoms. The van der Waals surface area contributed by atoms with Gasteiger partial charge in [0.05, 0.1) is 23.8 Å². The summed E-state index contributed by atoms with van der Waals surface area (Å²) >= 11 is 6.60. The number of aryl methyl sites for hydroxylation is 1. The van der Waals surface area contributed by atoms with Crippen LogP contribution < -0.4 is 10.6 Å². The van der Waals surface area contributed by atoms with Gasteiger partial charge in [0.25, 0.3) is 11.8 Å². The highest BCUT2D eigenvalue weighted by atomic mass is 32.1. The van der Waals surface area contributed by atoms with Crippen LogP contribution in [-0.2, 0) is 22.4 Å². The molecule has 2 N–H and O–H groups in total. The number of thiocarbonyl (C=S) groups is 1. The number of esters is 1. The number of imide groups is 1. The van der Waals surface area contributed by atoms with Gasteiger partial charge in [0.1, 0.15) is 11.5 Å². The SMILES string of the molecule is COC(=O)c1c(NC(=S)NC(=O)CN2C(=O)c3ccccc3C2=O)sc2c1CCC2. The number of carbonyl (C=O) groups is 4. The Morgan fingerprint density at radius 2 is 1.83 bits per heavy atom. The number of nitrogens with one attached hydrogen (secondary N) is 2. The molecule has 1 aliphatic heterocycles. The monoisotopic (exact) mass is 443 g/mol. The Balaban J connectivity index is 1.42. The van der Waals surface area contributed by atoms with Crippen molar-refractivity contribution in [1.82, 2.24) is 10.2 Å². The van der Waals surface area contributed by atoms with E-state index in [1.54, 1.807) is 24.3 Å². The Kier molecular flexibility index (Phi) is 5.35. The molecule has 30 heavy (non-hydrogen) atoms. The molecule has 1 aromatic carbocycles. The van der Waals surface area contributed by atoms with Gasteiger partial charge in [-0.15, -0.1) is 11.3 Å². The zero-order valence-electron chi connectivity index (χ0n) is 15.9. The Morgan fingerprint density at radius 1 is 1.17 bits per heavy atom. The Hall–Kier alpha value is -3.11. The summed E-state index contributed by atoms with van der Waals surface area (Å²) in [6.45, 7) is -0.459. The summed E-state index contributed by atoms with van der Waals surface area (Å²) < 4.78 is 4.88. The van der Waals surface area contributed by atoms with Crippen molar-refractivity contribution < 1.29 is 23.9 Å². The van der Waals surface area contributed by atoms with Gasteiger partial charge in [0, 0.05) is 4.88 Å². The van der Waals surface area contributed by atoms with Crippen LogP contribution in [0.5, 0.6) is 0 Å². The number of nitrogens with zero attached hydrogens (tertiary/aromatic N) is 1. The van der Waals surface area contributed by atoms with E-state index in [4.69, 9.17) is 17.0 Å². The minimum absolute atomic E-state index is 0.0262. The molecular weight excluding hydrogens is 426 g/mol. The van der Waals surface area contributed by atoms with Gasteiger partial charge in [-0.3, -0.25) is 19.3 Å². The Morgan fingerprint density at radius 3 is 2.47 bits per heavy atom. The standard InChI is InChI=1S/C20H17N3O5S2/c1-28-19(27)15-12-7-4-8-13(12)30-16(15)22-20(29)21-14(24)9-23-17(25)10-5-2-3-6-11(10)18(23)26/h2-3,5-6H,4,7-9H2,1H3,(H2,21,22,24,29). The van der Waals surface area contributed by atoms with Crippen molar-refractivity contribution in [2.45, 2.75) is 19.3 Å². The predicted octanol–water partition coefficient (Wildman–Crippen LogP) is 2.13. The number of anilines is 1. The van der Waals surface area contributed by atoms with Crippen molar-refractivity contribution in [1.29, 1.82) is 0 Å². The summed E-state index contributed by atoms with van der Waals surface area (Å²) in [5.41, 5.74) is 1.93. The lowest BCUT2D eigenvalue weighted by Gasteiger charge is -2.14. The molecule has 10 heteroatoms. The number of fused-ring (bicyclic) bond motifs is 2. The fourth-order valence-corrected chi connectivity index (χ4v) is 5.20. The maximum absolute atomic E-state index is 12.4. The number of hydrogen-bond donors (Lipinski definition) is 2. The molecule has 0 saturated heterocycles. The van der Waals surface area contributed by atoms with Crippen molar-refractivity contribution in [2.24, 2.45) is 0 Å². The topological polar surface area (TPSA) is 105 Å². The van der Waals surface area contributed by atoms with E-state index in [1.807, 2.05) is 0 Å². The zero-order chi connectivity index (χ0) is 21.4. The van der Waals surface area contributed by atoms with E-state index in [-0.39, 0.29) is 16.2 Å². The highest BCUT2D eigenvalue weighted by Crippen LogP contribution is 2.39. The quantitative estimate of drug-likeness (QED) is 0.424. The fraction of sp³-hybridized carbons (Fsp3) is 0.250. The molecular formula is C20H17N3O5S2. The molecule has 0 unspecified atom stereocenters. The third-order valence-electron chi connectivity index (χ3n) is 4.97. The van der Waals surface area contributed by atoms with Gasteiger partial charge in [-0.25, -0.2) is 4.79 Å². The lowest BCUT2D eigenvalue weighted by molar-refractivity contribution is -0.120. The van der Waals surface area contributed by atoms with Crippen LogP contribution >= 0.6 is 23.6 Å². The minimum atomic E-state index is -0.620. The smallest absolute Gasteiger partial charge is 0.341 e. The Bertz CT molecular complexity index is 1070. The van der Waals surface area contributed by atoms with Gasteiger partial charge in [-0.2, -0.15) is 0 Å². The van der Waals surface area contributed by atoms with Crippen LogP contribution in [0.1, 0.15) is 47.9 Å². The maximum atomic E-state index is 12.4. The van der Waals surface area contributed by atoms with E-state index in [0.717, 1.165) is 34.6 Å². The molecule has 1 aromatic heterocycles. The molecule has 2 heterocycles. The average molecular weight is 444 g/mol. The lowest BCUT2D eigenvalue weighted by Crippen LogP contribution is -2.43. The first-order chi connectivity index (χ1) is 14.4. The Labute approximate surface area is 181 Å². The first-order valence-corrected chi connectivity index (χ1v) is 10.4. The van der Waals surface area contributed by atoms with Crippen LogP contribution in [0, 0.1) is 0 Å². The summed E-state index contributed by atoms with van der Waals surface area (Å²) in [7, 11) is 1.31. The third kappa shape index (κ3) is 3.48. The first-order valence-electron chi connectivity index (χ1n) is 9.19. The van der Waals surface area contributed by atoms with Crippen molar-refractivity contribution in [3.63, 3.8) is 0 Å². The largest absolute Gasteiger partial charge is 0.465 e. The van der Waals surface area contributed by atoms with Crippen molar-refractivity contribution in [2.75, 3.05) is 19.0 Å². The number of carbonyl (C=O) groups excluding carboxylic acids is 4. The number of hydrogen-bond acceptors (Lipinski definition) is 7. The number of methoxy groups -OCH3 is 1. The van der Waals surface area contributed by atoms with Crippen LogP contribution in [0.25, 0.3) is 0 Å². The van der Waals surface area contributed by atoms with E-state index in [0.29, 0.717) is 10.6 Å². The van der Waals surface area contributed by atoms with Crippen LogP contribution in [0.2, 0.25) is 0 Å². The molecule has 0 spiro atoms. The molecule has 0 fully saturated rings. The summed E-state index contributed by atoms with van der Waals surface area (Å²) in [6.07, 6.45) is 2.65. The van der Waals surface area contributed by atoms with E-state index < -0.39 is 30.2 Å². The van der Waals surface area contributed by atoms with E-state index >= 15 is 0 Å². The van der Waals surface area contributed by atoms with Crippen molar-refractivity contribution >= 4 is 57.4 Å². The predicted molar refractivity (Wildman–Crippen MR) is 114 cm³/mol. The minimum Gasteiger partial charge on any atom is -0.465 e. The van der Waals surface area contributed by atoms with Crippen LogP contribution in [0.3, 0.4) is 0 Å². The van der Waals surface area contributed by atoms with Gasteiger partial charge >= 0.3 is 5.97 Å². The average Bonchev–Trinajstić information content (AvgIpc) is 3.36. The summed E-state index contributed by atoms with van der Waals surface area (Å²) in [5.74, 6) is -2.12. The number of rotatable bonds is 4.